The first-order chi connectivity index (χ1) is 13.7. The van der Waals surface area contributed by atoms with Gasteiger partial charge < -0.3 is 0 Å². The lowest BCUT2D eigenvalue weighted by Crippen LogP contribution is -2.02. The fraction of sp³-hybridized carbons (Fsp3) is 0.0952. The zero-order chi connectivity index (χ0) is 20.8. The van der Waals surface area contributed by atoms with Crippen LogP contribution in [-0.4, -0.2) is 9.55 Å². The van der Waals surface area contributed by atoms with Crippen molar-refractivity contribution in [1.82, 2.24) is 9.55 Å². The number of rotatable bonds is 2. The number of benzene rings is 3. The Kier molecular flexibility index (Phi) is 2.04. The van der Waals surface area contributed by atoms with E-state index >= 15 is 0 Å². The molecule has 0 aliphatic carbocycles. The molecule has 4 aromatic rings. The normalized spacial score (nSPS) is 16.0. The van der Waals surface area contributed by atoms with Crippen LogP contribution in [0.15, 0.2) is 72.8 Å². The van der Waals surface area contributed by atoms with Crippen molar-refractivity contribution in [3.8, 4) is 17.1 Å². The number of nitrogens with zero attached hydrogens (tertiary/aromatic N) is 2. The van der Waals surface area contributed by atoms with Crippen molar-refractivity contribution in [1.29, 1.82) is 0 Å². The molecule has 0 aliphatic rings. The van der Waals surface area contributed by atoms with Crippen LogP contribution in [0.5, 0.6) is 0 Å². The monoisotopic (exact) mass is 304 g/mol. The molecule has 3 aromatic carbocycles. The minimum absolute atomic E-state index is 0.0218. The molecule has 0 saturated heterocycles. The molecule has 0 N–H and O–H groups in total. The van der Waals surface area contributed by atoms with Crippen LogP contribution in [0.2, 0.25) is 0 Å². The lowest BCUT2D eigenvalue weighted by atomic mass is 10.1. The Labute approximate surface area is 144 Å². The third-order valence-electron chi connectivity index (χ3n) is 3.85. The molecular formula is C21H18N2. The van der Waals surface area contributed by atoms with Crippen molar-refractivity contribution >= 4 is 11.0 Å². The fourth-order valence-corrected chi connectivity index (χ4v) is 2.82. The Balaban J connectivity index is 2.19. The van der Waals surface area contributed by atoms with Gasteiger partial charge in [-0.1, -0.05) is 60.7 Å². The maximum absolute atomic E-state index is 8.02. The van der Waals surface area contributed by atoms with Gasteiger partial charge in [-0.05, 0) is 37.0 Å². The maximum atomic E-state index is 8.02. The highest BCUT2D eigenvalue weighted by atomic mass is 15.1. The van der Waals surface area contributed by atoms with Crippen molar-refractivity contribution in [2.45, 2.75) is 13.7 Å². The largest absolute Gasteiger partial charge is 0.292 e. The van der Waals surface area contributed by atoms with Crippen LogP contribution < -0.4 is 0 Å². The number of para-hydroxylation sites is 3. The highest BCUT2D eigenvalue weighted by Crippen LogP contribution is 2.31. The third-order valence-corrected chi connectivity index (χ3v) is 3.85. The van der Waals surface area contributed by atoms with E-state index in [1.54, 1.807) is 4.57 Å². The minimum atomic E-state index is -2.49. The van der Waals surface area contributed by atoms with Gasteiger partial charge in [0.05, 0.1) is 16.7 Å². The van der Waals surface area contributed by atoms with Gasteiger partial charge in [-0.15, -0.1) is 0 Å². The van der Waals surface area contributed by atoms with E-state index < -0.39 is 13.7 Å². The smallest absolute Gasteiger partial charge is 0.145 e. The molecule has 0 fully saturated rings. The van der Waals surface area contributed by atoms with Crippen LogP contribution in [0, 0.1) is 13.7 Å². The fourth-order valence-electron chi connectivity index (χ4n) is 2.82. The number of hydrogen-bond donors (Lipinski definition) is 0. The van der Waals surface area contributed by atoms with E-state index in [0.717, 1.165) is 5.56 Å². The lowest BCUT2D eigenvalue weighted by Gasteiger charge is -2.15. The van der Waals surface area contributed by atoms with Crippen molar-refractivity contribution in [3.05, 3.63) is 83.9 Å². The second-order valence-corrected chi connectivity index (χ2v) is 5.33. The molecule has 0 saturated carbocycles. The Hall–Kier alpha value is -2.87. The summed E-state index contributed by atoms with van der Waals surface area (Å²) < 4.78 is 49.8. The molecule has 2 heteroatoms. The molecule has 0 atom stereocenters. The van der Waals surface area contributed by atoms with Gasteiger partial charge in [-0.3, -0.25) is 4.57 Å². The van der Waals surface area contributed by atoms with Crippen LogP contribution in [0.3, 0.4) is 0 Å². The summed E-state index contributed by atoms with van der Waals surface area (Å²) in [4.78, 5) is 4.70. The summed E-state index contributed by atoms with van der Waals surface area (Å²) in [6.45, 7) is -4.98. The van der Waals surface area contributed by atoms with Crippen LogP contribution in [0.25, 0.3) is 28.1 Å². The van der Waals surface area contributed by atoms with Gasteiger partial charge in [0.1, 0.15) is 5.82 Å². The van der Waals surface area contributed by atoms with Gasteiger partial charge in [0.15, 0.2) is 0 Å². The second kappa shape index (κ2) is 5.40. The average molecular weight is 304 g/mol. The topological polar surface area (TPSA) is 17.8 Å². The minimum Gasteiger partial charge on any atom is -0.292 e. The van der Waals surface area contributed by atoms with Gasteiger partial charge in [0.2, 0.25) is 0 Å². The summed E-state index contributed by atoms with van der Waals surface area (Å²) in [6, 6.07) is 21.0. The van der Waals surface area contributed by atoms with E-state index in [9.17, 15) is 0 Å². The molecule has 1 aromatic heterocycles. The molecular weight excluding hydrogens is 280 g/mol. The lowest BCUT2D eigenvalue weighted by molar-refractivity contribution is 1.06. The first-order valence-electron chi connectivity index (χ1n) is 10.4. The zero-order valence-corrected chi connectivity index (χ0v) is 12.3. The molecule has 0 amide bonds. The third kappa shape index (κ3) is 2.23. The molecule has 0 unspecified atom stereocenters. The van der Waals surface area contributed by atoms with Crippen LogP contribution in [0.4, 0.5) is 0 Å². The summed E-state index contributed by atoms with van der Waals surface area (Å²) in [7, 11) is 0. The highest BCUT2D eigenvalue weighted by Gasteiger charge is 2.16. The van der Waals surface area contributed by atoms with Gasteiger partial charge in [-0.2, -0.15) is 0 Å². The zero-order valence-electron chi connectivity index (χ0n) is 18.3. The molecule has 23 heavy (non-hydrogen) atoms. The van der Waals surface area contributed by atoms with Crippen LogP contribution >= 0.6 is 0 Å². The first kappa shape index (κ1) is 8.68. The number of fused-ring (bicyclic) bond motifs is 1. The van der Waals surface area contributed by atoms with E-state index in [-0.39, 0.29) is 16.8 Å². The Morgan fingerprint density at radius 2 is 1.48 bits per heavy atom. The van der Waals surface area contributed by atoms with Gasteiger partial charge in [0.25, 0.3) is 0 Å². The highest BCUT2D eigenvalue weighted by molar-refractivity contribution is 5.84. The Morgan fingerprint density at radius 1 is 0.783 bits per heavy atom. The summed E-state index contributed by atoms with van der Waals surface area (Å²) >= 11 is 0. The second-order valence-electron chi connectivity index (χ2n) is 5.33. The molecule has 1 heterocycles. The van der Waals surface area contributed by atoms with E-state index in [0.29, 0.717) is 16.9 Å². The predicted octanol–water partition coefficient (Wildman–Crippen LogP) is 5.31. The molecule has 112 valence electrons. The molecule has 2 nitrogen and oxygen atoms in total. The van der Waals surface area contributed by atoms with Crippen molar-refractivity contribution in [2.24, 2.45) is 0 Å². The molecule has 0 spiro atoms. The molecule has 0 aliphatic heterocycles. The van der Waals surface area contributed by atoms with E-state index in [4.69, 9.17) is 13.2 Å². The quantitative estimate of drug-likeness (QED) is 0.491. The van der Waals surface area contributed by atoms with Gasteiger partial charge in [0, 0.05) is 13.8 Å². The Morgan fingerprint density at radius 3 is 2.22 bits per heavy atom. The molecule has 0 bridgehead atoms. The van der Waals surface area contributed by atoms with Crippen LogP contribution in [0.1, 0.15) is 19.4 Å². The van der Waals surface area contributed by atoms with E-state index in [2.05, 4.69) is 0 Å². The first-order valence-corrected chi connectivity index (χ1v) is 7.35. The van der Waals surface area contributed by atoms with Crippen molar-refractivity contribution in [2.75, 3.05) is 0 Å². The maximum Gasteiger partial charge on any atom is 0.145 e. The summed E-state index contributed by atoms with van der Waals surface area (Å²) in [5.41, 5.74) is 2.16. The Bertz CT molecular complexity index is 1140. The van der Waals surface area contributed by atoms with Crippen molar-refractivity contribution < 1.29 is 8.22 Å². The van der Waals surface area contributed by atoms with Crippen molar-refractivity contribution in [3.63, 3.8) is 0 Å². The summed E-state index contributed by atoms with van der Waals surface area (Å²) in [5, 5.41) is 0. The van der Waals surface area contributed by atoms with Gasteiger partial charge >= 0.3 is 0 Å². The van der Waals surface area contributed by atoms with E-state index in [1.165, 1.54) is 18.2 Å². The standard InChI is InChI=1S/C21H18N2/c1-15-9-8-10-16(2)20(15)23-19-14-7-6-13-18(19)22-21(23)17-11-4-3-5-12-17/h3-14H,1-2H3/i1D3,2D3. The molecule has 4 rings (SSSR count). The predicted molar refractivity (Wildman–Crippen MR) is 96.0 cm³/mol. The number of aryl methyl sites for hydroxylation is 2. The van der Waals surface area contributed by atoms with Gasteiger partial charge in [-0.25, -0.2) is 4.98 Å². The summed E-state index contributed by atoms with van der Waals surface area (Å²) in [6.07, 6.45) is 0. The summed E-state index contributed by atoms with van der Waals surface area (Å²) in [5.74, 6) is 0.494. The average Bonchev–Trinajstić information content (AvgIpc) is 3.06. The number of hydrogen-bond acceptors (Lipinski definition) is 1. The van der Waals surface area contributed by atoms with Crippen LogP contribution in [-0.2, 0) is 0 Å². The van der Waals surface area contributed by atoms with E-state index in [1.807, 2.05) is 54.6 Å². The number of imidazole rings is 1. The number of aromatic nitrogens is 2. The SMILES string of the molecule is [2H]C([2H])([2H])c1cccc(C([2H])([2H])[2H])c1-n1c(-c2ccccc2)nc2ccccc21. The molecule has 0 radical (unpaired) electrons.